The Bertz CT molecular complexity index is 518. The van der Waals surface area contributed by atoms with Crippen molar-refractivity contribution in [2.24, 2.45) is 5.92 Å². The van der Waals surface area contributed by atoms with Gasteiger partial charge in [0.05, 0.1) is 5.92 Å². The molecule has 0 radical (unpaired) electrons. The fraction of sp³-hybridized carbons (Fsp3) is 0.500. The molecular weight excluding hydrogens is 284 g/mol. The van der Waals surface area contributed by atoms with Crippen LogP contribution in [0, 0.1) is 5.92 Å². The van der Waals surface area contributed by atoms with E-state index in [1.165, 1.54) is 4.90 Å². The third kappa shape index (κ3) is 4.21. The van der Waals surface area contributed by atoms with E-state index in [0.717, 1.165) is 5.56 Å². The molecule has 1 N–H and O–H groups in total. The highest BCUT2D eigenvalue weighted by Gasteiger charge is 2.35. The first-order chi connectivity index (χ1) is 10.5. The number of carboxylic acid groups (broad SMARTS) is 1. The summed E-state index contributed by atoms with van der Waals surface area (Å²) < 4.78 is 5.30. The van der Waals surface area contributed by atoms with Gasteiger partial charge in [-0.2, -0.15) is 0 Å². The van der Waals surface area contributed by atoms with Crippen molar-refractivity contribution in [3.8, 4) is 0 Å². The number of ether oxygens (including phenoxy) is 1. The molecule has 0 saturated carbocycles. The SMILES string of the molecule is CN(C)C1CC(C(=O)O)CN(C(=O)OCc2ccccc2)C1. The number of rotatable bonds is 4. The Labute approximate surface area is 130 Å². The Balaban J connectivity index is 1.96. The molecule has 0 aromatic heterocycles. The number of carbonyl (C=O) groups excluding carboxylic acids is 1. The van der Waals surface area contributed by atoms with Crippen molar-refractivity contribution in [3.63, 3.8) is 0 Å². The van der Waals surface area contributed by atoms with Crippen LogP contribution in [-0.2, 0) is 16.1 Å². The Morgan fingerprint density at radius 1 is 1.27 bits per heavy atom. The number of likely N-dealkylation sites (tertiary alicyclic amines) is 1. The smallest absolute Gasteiger partial charge is 0.410 e. The van der Waals surface area contributed by atoms with E-state index in [1.807, 2.05) is 49.3 Å². The second kappa shape index (κ2) is 7.26. The van der Waals surface area contributed by atoms with Crippen LogP contribution in [0.15, 0.2) is 30.3 Å². The number of aliphatic carboxylic acids is 1. The van der Waals surface area contributed by atoms with E-state index in [0.29, 0.717) is 13.0 Å². The van der Waals surface area contributed by atoms with Crippen LogP contribution in [0.5, 0.6) is 0 Å². The average Bonchev–Trinajstić information content (AvgIpc) is 2.53. The Kier molecular flexibility index (Phi) is 5.38. The Morgan fingerprint density at radius 2 is 1.95 bits per heavy atom. The quantitative estimate of drug-likeness (QED) is 0.916. The molecule has 6 heteroatoms. The minimum atomic E-state index is -0.868. The molecule has 2 atom stereocenters. The zero-order chi connectivity index (χ0) is 16.1. The van der Waals surface area contributed by atoms with Crippen LogP contribution in [0.2, 0.25) is 0 Å². The number of carboxylic acids is 1. The first-order valence-electron chi connectivity index (χ1n) is 7.32. The van der Waals surface area contributed by atoms with Crippen molar-refractivity contribution < 1.29 is 19.4 Å². The van der Waals surface area contributed by atoms with Gasteiger partial charge < -0.3 is 19.6 Å². The first-order valence-corrected chi connectivity index (χ1v) is 7.32. The molecule has 0 aliphatic carbocycles. The van der Waals surface area contributed by atoms with Gasteiger partial charge in [-0.25, -0.2) is 4.79 Å². The summed E-state index contributed by atoms with van der Waals surface area (Å²) in [6, 6.07) is 9.45. The summed E-state index contributed by atoms with van der Waals surface area (Å²) in [7, 11) is 3.78. The molecule has 2 unspecified atom stereocenters. The van der Waals surface area contributed by atoms with Gasteiger partial charge in [0.1, 0.15) is 6.61 Å². The molecule has 1 fully saturated rings. The number of amides is 1. The van der Waals surface area contributed by atoms with Crippen LogP contribution < -0.4 is 0 Å². The number of piperidine rings is 1. The molecule has 1 aromatic carbocycles. The normalized spacial score (nSPS) is 21.7. The van der Waals surface area contributed by atoms with Gasteiger partial charge in [0.25, 0.3) is 0 Å². The van der Waals surface area contributed by atoms with E-state index in [2.05, 4.69) is 0 Å². The lowest BCUT2D eigenvalue weighted by molar-refractivity contribution is -0.144. The number of carbonyl (C=O) groups is 2. The third-order valence-electron chi connectivity index (χ3n) is 3.97. The minimum Gasteiger partial charge on any atom is -0.481 e. The van der Waals surface area contributed by atoms with Crippen LogP contribution in [0.3, 0.4) is 0 Å². The zero-order valence-electron chi connectivity index (χ0n) is 12.9. The maximum Gasteiger partial charge on any atom is 0.410 e. The summed E-state index contributed by atoms with van der Waals surface area (Å²) in [4.78, 5) is 26.9. The molecular formula is C16H22N2O4. The number of nitrogens with zero attached hydrogens (tertiary/aromatic N) is 2. The van der Waals surface area contributed by atoms with Crippen molar-refractivity contribution in [1.82, 2.24) is 9.80 Å². The molecule has 1 heterocycles. The van der Waals surface area contributed by atoms with Gasteiger partial charge in [-0.1, -0.05) is 30.3 Å². The van der Waals surface area contributed by atoms with Gasteiger partial charge >= 0.3 is 12.1 Å². The molecule has 1 amide bonds. The topological polar surface area (TPSA) is 70.1 Å². The van der Waals surface area contributed by atoms with E-state index in [9.17, 15) is 14.7 Å². The summed E-state index contributed by atoms with van der Waals surface area (Å²) in [6.07, 6.45) is 0.0896. The second-order valence-electron chi connectivity index (χ2n) is 5.83. The van der Waals surface area contributed by atoms with Gasteiger partial charge in [0.2, 0.25) is 0 Å². The number of hydrogen-bond donors (Lipinski definition) is 1. The number of hydrogen-bond acceptors (Lipinski definition) is 4. The lowest BCUT2D eigenvalue weighted by Crippen LogP contribution is -2.52. The maximum absolute atomic E-state index is 12.2. The van der Waals surface area contributed by atoms with E-state index in [-0.39, 0.29) is 19.2 Å². The van der Waals surface area contributed by atoms with Crippen LogP contribution in [0.25, 0.3) is 0 Å². The molecule has 1 aliphatic heterocycles. The summed E-state index contributed by atoms with van der Waals surface area (Å²) >= 11 is 0. The second-order valence-corrected chi connectivity index (χ2v) is 5.83. The van der Waals surface area contributed by atoms with Crippen LogP contribution in [0.4, 0.5) is 4.79 Å². The van der Waals surface area contributed by atoms with E-state index in [1.54, 1.807) is 0 Å². The van der Waals surface area contributed by atoms with Crippen molar-refractivity contribution in [2.45, 2.75) is 19.1 Å². The van der Waals surface area contributed by atoms with Crippen molar-refractivity contribution >= 4 is 12.1 Å². The van der Waals surface area contributed by atoms with Crippen molar-refractivity contribution in [2.75, 3.05) is 27.2 Å². The van der Waals surface area contributed by atoms with E-state index < -0.39 is 18.0 Å². The fourth-order valence-electron chi connectivity index (χ4n) is 2.59. The highest BCUT2D eigenvalue weighted by Crippen LogP contribution is 2.21. The molecule has 1 aromatic rings. The van der Waals surface area contributed by atoms with Crippen LogP contribution in [-0.4, -0.2) is 60.2 Å². The highest BCUT2D eigenvalue weighted by molar-refractivity contribution is 5.73. The minimum absolute atomic E-state index is 0.0270. The van der Waals surface area contributed by atoms with Crippen LogP contribution >= 0.6 is 0 Å². The van der Waals surface area contributed by atoms with Crippen LogP contribution in [0.1, 0.15) is 12.0 Å². The van der Waals surface area contributed by atoms with Gasteiger partial charge in [-0.15, -0.1) is 0 Å². The molecule has 1 saturated heterocycles. The maximum atomic E-state index is 12.2. The highest BCUT2D eigenvalue weighted by atomic mass is 16.6. The lowest BCUT2D eigenvalue weighted by Gasteiger charge is -2.38. The van der Waals surface area contributed by atoms with E-state index >= 15 is 0 Å². The molecule has 2 rings (SSSR count). The van der Waals surface area contributed by atoms with Gasteiger partial charge in [-0.05, 0) is 26.1 Å². The molecule has 1 aliphatic rings. The molecule has 22 heavy (non-hydrogen) atoms. The van der Waals surface area contributed by atoms with Gasteiger partial charge in [0.15, 0.2) is 0 Å². The largest absolute Gasteiger partial charge is 0.481 e. The first kappa shape index (κ1) is 16.3. The standard InChI is InChI=1S/C16H22N2O4/c1-17(2)14-8-13(15(19)20)9-18(10-14)16(21)22-11-12-6-4-3-5-7-12/h3-7,13-14H,8-11H2,1-2H3,(H,19,20). The zero-order valence-corrected chi connectivity index (χ0v) is 12.9. The predicted octanol–water partition coefficient (Wildman–Crippen LogP) is 1.66. The van der Waals surface area contributed by atoms with Gasteiger partial charge in [-0.3, -0.25) is 4.79 Å². The molecule has 0 spiro atoms. The van der Waals surface area contributed by atoms with Crippen molar-refractivity contribution in [1.29, 1.82) is 0 Å². The van der Waals surface area contributed by atoms with E-state index in [4.69, 9.17) is 4.74 Å². The third-order valence-corrected chi connectivity index (χ3v) is 3.97. The molecule has 0 bridgehead atoms. The summed E-state index contributed by atoms with van der Waals surface area (Å²) in [5.41, 5.74) is 0.909. The Morgan fingerprint density at radius 3 is 2.55 bits per heavy atom. The lowest BCUT2D eigenvalue weighted by atomic mass is 9.94. The Hall–Kier alpha value is -2.08. The number of likely N-dealkylation sites (N-methyl/N-ethyl adjacent to an activating group) is 1. The summed E-state index contributed by atoms with van der Waals surface area (Å²) in [5.74, 6) is -1.42. The summed E-state index contributed by atoms with van der Waals surface area (Å²) in [5, 5.41) is 9.25. The molecule has 6 nitrogen and oxygen atoms in total. The van der Waals surface area contributed by atoms with Gasteiger partial charge in [0, 0.05) is 19.1 Å². The fourth-order valence-corrected chi connectivity index (χ4v) is 2.59. The predicted molar refractivity (Wildman–Crippen MR) is 81.4 cm³/mol. The average molecular weight is 306 g/mol. The summed E-state index contributed by atoms with van der Waals surface area (Å²) in [6.45, 7) is 0.887. The van der Waals surface area contributed by atoms with Crippen molar-refractivity contribution in [3.05, 3.63) is 35.9 Å². The number of benzene rings is 1. The molecule has 120 valence electrons. The monoisotopic (exact) mass is 306 g/mol.